The number of nitro groups is 1. The second kappa shape index (κ2) is 5.96. The number of nitrogen functional groups attached to an aromatic ring is 1. The van der Waals surface area contributed by atoms with Gasteiger partial charge in [0.05, 0.1) is 23.3 Å². The molecule has 1 unspecified atom stereocenters. The van der Waals surface area contributed by atoms with E-state index in [4.69, 9.17) is 10.6 Å². The van der Waals surface area contributed by atoms with Gasteiger partial charge in [-0.05, 0) is 18.6 Å². The summed E-state index contributed by atoms with van der Waals surface area (Å²) in [6.45, 7) is 4.95. The quantitative estimate of drug-likeness (QED) is 0.481. The Kier molecular flexibility index (Phi) is 4.31. The molecule has 3 N–H and O–H groups in total. The molecule has 1 saturated heterocycles. The predicted octanol–water partition coefficient (Wildman–Crippen LogP) is 1.10. The normalized spacial score (nSPS) is 20.2. The Balaban J connectivity index is 2.17. The van der Waals surface area contributed by atoms with Crippen molar-refractivity contribution in [2.75, 3.05) is 25.1 Å². The summed E-state index contributed by atoms with van der Waals surface area (Å²) in [6, 6.07) is 4.65. The second-order valence-electron chi connectivity index (χ2n) is 4.66. The third-order valence-electron chi connectivity index (χ3n) is 3.17. The highest BCUT2D eigenvalue weighted by molar-refractivity contribution is 5.55. The number of hydrogen-bond acceptors (Lipinski definition) is 6. The van der Waals surface area contributed by atoms with Crippen LogP contribution in [-0.2, 0) is 11.3 Å². The summed E-state index contributed by atoms with van der Waals surface area (Å²) < 4.78 is 5.47. The van der Waals surface area contributed by atoms with Crippen molar-refractivity contribution in [3.05, 3.63) is 33.9 Å². The Bertz CT molecular complexity index is 466. The van der Waals surface area contributed by atoms with E-state index in [2.05, 4.69) is 10.3 Å². The van der Waals surface area contributed by atoms with Gasteiger partial charge in [0.1, 0.15) is 0 Å². The Hall–Kier alpha value is -1.70. The van der Waals surface area contributed by atoms with Crippen LogP contribution in [0.3, 0.4) is 0 Å². The maximum atomic E-state index is 10.8. The highest BCUT2D eigenvalue weighted by atomic mass is 16.6. The largest absolute Gasteiger partial charge is 0.376 e. The summed E-state index contributed by atoms with van der Waals surface area (Å²) in [5.41, 5.74) is 4.20. The number of non-ortho nitro benzene ring substituents is 1. The molecule has 2 rings (SSSR count). The lowest BCUT2D eigenvalue weighted by Crippen LogP contribution is -2.40. The number of ether oxygens (including phenoxy) is 1. The van der Waals surface area contributed by atoms with Gasteiger partial charge in [0.15, 0.2) is 0 Å². The predicted molar refractivity (Wildman–Crippen MR) is 71.6 cm³/mol. The molecule has 1 aliphatic rings. The summed E-state index contributed by atoms with van der Waals surface area (Å²) >= 11 is 0. The van der Waals surface area contributed by atoms with Gasteiger partial charge in [-0.2, -0.15) is 0 Å². The molecular formula is C12H18N4O3. The van der Waals surface area contributed by atoms with Gasteiger partial charge < -0.3 is 10.2 Å². The Morgan fingerprint density at radius 1 is 1.63 bits per heavy atom. The molecule has 0 spiro atoms. The fourth-order valence-corrected chi connectivity index (χ4v) is 2.24. The van der Waals surface area contributed by atoms with E-state index in [1.165, 1.54) is 6.07 Å². The van der Waals surface area contributed by atoms with Crippen LogP contribution < -0.4 is 11.3 Å². The molecule has 1 fully saturated rings. The second-order valence-corrected chi connectivity index (χ2v) is 4.66. The molecule has 1 heterocycles. The average molecular weight is 266 g/mol. The van der Waals surface area contributed by atoms with Crippen molar-refractivity contribution in [1.29, 1.82) is 0 Å². The number of anilines is 1. The lowest BCUT2D eigenvalue weighted by Gasteiger charge is -2.31. The number of benzene rings is 1. The third-order valence-corrected chi connectivity index (χ3v) is 3.17. The summed E-state index contributed by atoms with van der Waals surface area (Å²) in [5.74, 6) is 5.45. The summed E-state index contributed by atoms with van der Waals surface area (Å²) in [4.78, 5) is 12.6. The van der Waals surface area contributed by atoms with Gasteiger partial charge in [-0.3, -0.25) is 20.9 Å². The molecule has 1 aliphatic heterocycles. The van der Waals surface area contributed by atoms with Gasteiger partial charge in [-0.1, -0.05) is 0 Å². The molecule has 0 radical (unpaired) electrons. The van der Waals surface area contributed by atoms with E-state index in [0.717, 1.165) is 18.7 Å². The zero-order valence-electron chi connectivity index (χ0n) is 10.8. The third kappa shape index (κ3) is 3.40. The zero-order valence-corrected chi connectivity index (χ0v) is 10.8. The van der Waals surface area contributed by atoms with Gasteiger partial charge in [0.25, 0.3) is 5.69 Å². The van der Waals surface area contributed by atoms with E-state index in [0.29, 0.717) is 18.8 Å². The molecular weight excluding hydrogens is 248 g/mol. The molecule has 7 heteroatoms. The SMILES string of the molecule is CC1CN(Cc2cc([N+](=O)[O-])ccc2NN)CCO1. The lowest BCUT2D eigenvalue weighted by atomic mass is 10.1. The molecule has 19 heavy (non-hydrogen) atoms. The van der Waals surface area contributed by atoms with E-state index >= 15 is 0 Å². The number of morpholine rings is 1. The van der Waals surface area contributed by atoms with Crippen molar-refractivity contribution >= 4 is 11.4 Å². The standard InChI is InChI=1S/C12H18N4O3/c1-9-7-15(4-5-19-9)8-10-6-11(16(17)18)2-3-12(10)14-13/h2-3,6,9,14H,4-5,7-8,13H2,1H3. The van der Waals surface area contributed by atoms with Gasteiger partial charge in [-0.15, -0.1) is 0 Å². The van der Waals surface area contributed by atoms with Gasteiger partial charge in [-0.25, -0.2) is 0 Å². The van der Waals surface area contributed by atoms with Crippen molar-refractivity contribution in [3.8, 4) is 0 Å². The van der Waals surface area contributed by atoms with Crippen LogP contribution in [0.15, 0.2) is 18.2 Å². The number of nitro benzene ring substituents is 1. The number of hydrogen-bond donors (Lipinski definition) is 2. The number of rotatable bonds is 4. The molecule has 1 aromatic carbocycles. The van der Waals surface area contributed by atoms with Gasteiger partial charge in [0, 0.05) is 31.8 Å². The first kappa shape index (κ1) is 13.7. The summed E-state index contributed by atoms with van der Waals surface area (Å²) in [5, 5.41) is 10.8. The van der Waals surface area contributed by atoms with Crippen LogP contribution >= 0.6 is 0 Å². The molecule has 7 nitrogen and oxygen atoms in total. The van der Waals surface area contributed by atoms with Crippen LogP contribution in [0.5, 0.6) is 0 Å². The van der Waals surface area contributed by atoms with E-state index in [9.17, 15) is 10.1 Å². The Morgan fingerprint density at radius 2 is 2.42 bits per heavy atom. The molecule has 1 atom stereocenters. The van der Waals surface area contributed by atoms with Crippen LogP contribution in [0.1, 0.15) is 12.5 Å². The molecule has 0 bridgehead atoms. The van der Waals surface area contributed by atoms with Crippen LogP contribution in [0.2, 0.25) is 0 Å². The highest BCUT2D eigenvalue weighted by Gasteiger charge is 2.19. The van der Waals surface area contributed by atoms with Gasteiger partial charge >= 0.3 is 0 Å². The maximum absolute atomic E-state index is 10.8. The van der Waals surface area contributed by atoms with Gasteiger partial charge in [0.2, 0.25) is 0 Å². The fraction of sp³-hybridized carbons (Fsp3) is 0.500. The van der Waals surface area contributed by atoms with Crippen molar-refractivity contribution in [2.45, 2.75) is 19.6 Å². The number of nitrogens with one attached hydrogen (secondary N) is 1. The number of nitrogens with two attached hydrogens (primary N) is 1. The number of nitrogens with zero attached hydrogens (tertiary/aromatic N) is 2. The first-order valence-electron chi connectivity index (χ1n) is 6.18. The molecule has 0 aliphatic carbocycles. The summed E-state index contributed by atoms with van der Waals surface area (Å²) in [6.07, 6.45) is 0.182. The van der Waals surface area contributed by atoms with Crippen LogP contribution in [0.25, 0.3) is 0 Å². The van der Waals surface area contributed by atoms with Crippen molar-refractivity contribution in [1.82, 2.24) is 4.90 Å². The van der Waals surface area contributed by atoms with Crippen LogP contribution in [-0.4, -0.2) is 35.6 Å². The monoisotopic (exact) mass is 266 g/mol. The first-order valence-corrected chi connectivity index (χ1v) is 6.18. The molecule has 0 amide bonds. The van der Waals surface area contributed by atoms with E-state index < -0.39 is 4.92 Å². The minimum absolute atomic E-state index is 0.0790. The highest BCUT2D eigenvalue weighted by Crippen LogP contribution is 2.23. The van der Waals surface area contributed by atoms with Crippen LogP contribution in [0.4, 0.5) is 11.4 Å². The zero-order chi connectivity index (χ0) is 13.8. The van der Waals surface area contributed by atoms with Crippen molar-refractivity contribution in [2.24, 2.45) is 5.84 Å². The number of hydrazine groups is 1. The maximum Gasteiger partial charge on any atom is 0.269 e. The van der Waals surface area contributed by atoms with E-state index in [1.54, 1.807) is 12.1 Å². The van der Waals surface area contributed by atoms with E-state index in [1.807, 2.05) is 6.92 Å². The van der Waals surface area contributed by atoms with Crippen LogP contribution in [0, 0.1) is 10.1 Å². The fourth-order valence-electron chi connectivity index (χ4n) is 2.24. The minimum Gasteiger partial charge on any atom is -0.376 e. The minimum atomic E-state index is -0.397. The Labute approximate surface area is 111 Å². The smallest absolute Gasteiger partial charge is 0.269 e. The summed E-state index contributed by atoms with van der Waals surface area (Å²) in [7, 11) is 0. The molecule has 0 aromatic heterocycles. The van der Waals surface area contributed by atoms with Crippen molar-refractivity contribution in [3.63, 3.8) is 0 Å². The average Bonchev–Trinajstić information content (AvgIpc) is 2.38. The first-order chi connectivity index (χ1) is 9.10. The van der Waals surface area contributed by atoms with E-state index in [-0.39, 0.29) is 11.8 Å². The van der Waals surface area contributed by atoms with Crippen molar-refractivity contribution < 1.29 is 9.66 Å². The molecule has 1 aromatic rings. The Morgan fingerprint density at radius 3 is 3.05 bits per heavy atom. The molecule has 104 valence electrons. The molecule has 0 saturated carbocycles. The topological polar surface area (TPSA) is 93.7 Å². The lowest BCUT2D eigenvalue weighted by molar-refractivity contribution is -0.384.